The van der Waals surface area contributed by atoms with E-state index >= 15 is 0 Å². The molecule has 0 amide bonds. The first-order valence-electron chi connectivity index (χ1n) is 6.72. The smallest absolute Gasteiger partial charge is 0.206 e. The SMILES string of the molecule is C=C(c1ccc(C(C)CF)cc1)S(=O)(=O)c1ccc(F)cc1. The van der Waals surface area contributed by atoms with Gasteiger partial charge < -0.3 is 0 Å². The molecule has 2 rings (SSSR count). The molecule has 0 aliphatic heterocycles. The molecule has 0 N–H and O–H groups in total. The molecule has 0 aliphatic carbocycles. The van der Waals surface area contributed by atoms with E-state index in [9.17, 15) is 17.2 Å². The van der Waals surface area contributed by atoms with Crippen LogP contribution < -0.4 is 0 Å². The second-order valence-electron chi connectivity index (χ2n) is 5.06. The van der Waals surface area contributed by atoms with E-state index in [2.05, 4.69) is 6.58 Å². The molecule has 0 radical (unpaired) electrons. The largest absolute Gasteiger partial charge is 0.250 e. The fourth-order valence-corrected chi connectivity index (χ4v) is 3.22. The van der Waals surface area contributed by atoms with Crippen molar-refractivity contribution in [1.29, 1.82) is 0 Å². The van der Waals surface area contributed by atoms with Crippen LogP contribution in [-0.4, -0.2) is 15.1 Å². The van der Waals surface area contributed by atoms with Gasteiger partial charge >= 0.3 is 0 Å². The number of benzene rings is 2. The Morgan fingerprint density at radius 1 is 1.09 bits per heavy atom. The Balaban J connectivity index is 2.32. The molecule has 2 aromatic carbocycles. The molecule has 0 aromatic heterocycles. The van der Waals surface area contributed by atoms with Crippen molar-refractivity contribution in [2.45, 2.75) is 17.7 Å². The highest BCUT2D eigenvalue weighted by molar-refractivity contribution is 8.00. The molecule has 5 heteroatoms. The van der Waals surface area contributed by atoms with Crippen LogP contribution in [0.4, 0.5) is 8.78 Å². The lowest BCUT2D eigenvalue weighted by atomic mass is 10.0. The minimum atomic E-state index is -3.78. The highest BCUT2D eigenvalue weighted by Gasteiger charge is 2.20. The molecule has 2 nitrogen and oxygen atoms in total. The van der Waals surface area contributed by atoms with E-state index in [4.69, 9.17) is 0 Å². The lowest BCUT2D eigenvalue weighted by Crippen LogP contribution is -2.04. The number of alkyl halides is 1. The summed E-state index contributed by atoms with van der Waals surface area (Å²) in [5.74, 6) is -0.745. The summed E-state index contributed by atoms with van der Waals surface area (Å²) in [5.41, 5.74) is 1.22. The number of halogens is 2. The summed E-state index contributed by atoms with van der Waals surface area (Å²) in [4.78, 5) is -0.0846. The van der Waals surface area contributed by atoms with Crippen LogP contribution in [0.2, 0.25) is 0 Å². The van der Waals surface area contributed by atoms with Gasteiger partial charge in [-0.05, 0) is 35.4 Å². The van der Waals surface area contributed by atoms with Gasteiger partial charge in [-0.25, -0.2) is 12.8 Å². The maximum atomic E-state index is 12.9. The van der Waals surface area contributed by atoms with Crippen LogP contribution in [0.5, 0.6) is 0 Å². The highest BCUT2D eigenvalue weighted by atomic mass is 32.2. The molecule has 0 bridgehead atoms. The second-order valence-corrected chi connectivity index (χ2v) is 7.03. The predicted molar refractivity (Wildman–Crippen MR) is 83.5 cm³/mol. The Morgan fingerprint density at radius 2 is 1.64 bits per heavy atom. The molecule has 0 aliphatic rings. The third-order valence-electron chi connectivity index (χ3n) is 3.48. The predicted octanol–water partition coefficient (Wildman–Crippen LogP) is 4.34. The van der Waals surface area contributed by atoms with Crippen LogP contribution in [0.3, 0.4) is 0 Å². The van der Waals surface area contributed by atoms with Crippen LogP contribution in [-0.2, 0) is 9.84 Å². The summed E-state index contributed by atoms with van der Waals surface area (Å²) in [6.07, 6.45) is 0. The molecule has 116 valence electrons. The van der Waals surface area contributed by atoms with E-state index < -0.39 is 22.3 Å². The van der Waals surface area contributed by atoms with E-state index in [-0.39, 0.29) is 15.7 Å². The highest BCUT2D eigenvalue weighted by Crippen LogP contribution is 2.27. The average Bonchev–Trinajstić information content (AvgIpc) is 2.54. The normalized spacial score (nSPS) is 12.9. The van der Waals surface area contributed by atoms with Crippen LogP contribution >= 0.6 is 0 Å². The topological polar surface area (TPSA) is 34.1 Å². The van der Waals surface area contributed by atoms with E-state index in [1.54, 1.807) is 31.2 Å². The number of hydrogen-bond acceptors (Lipinski definition) is 2. The molecule has 22 heavy (non-hydrogen) atoms. The third kappa shape index (κ3) is 3.25. The van der Waals surface area contributed by atoms with Crippen molar-refractivity contribution in [2.75, 3.05) is 6.67 Å². The quantitative estimate of drug-likeness (QED) is 0.767. The van der Waals surface area contributed by atoms with Gasteiger partial charge in [-0.3, -0.25) is 4.39 Å². The van der Waals surface area contributed by atoms with Crippen molar-refractivity contribution < 1.29 is 17.2 Å². The van der Waals surface area contributed by atoms with Crippen molar-refractivity contribution in [3.63, 3.8) is 0 Å². The molecular weight excluding hydrogens is 306 g/mol. The molecule has 0 fully saturated rings. The van der Waals surface area contributed by atoms with Crippen molar-refractivity contribution >= 4 is 14.7 Å². The summed E-state index contributed by atoms with van der Waals surface area (Å²) in [5, 5.41) is 0. The van der Waals surface area contributed by atoms with Crippen molar-refractivity contribution in [2.24, 2.45) is 0 Å². The standard InChI is InChI=1S/C17H16F2O2S/c1-12(11-18)14-3-5-15(6-4-14)13(2)22(20,21)17-9-7-16(19)8-10-17/h3-10,12H,2,11H2,1H3. The molecular formula is C17H16F2O2S. The van der Waals surface area contributed by atoms with Crippen LogP contribution in [0.1, 0.15) is 24.0 Å². The lowest BCUT2D eigenvalue weighted by Gasteiger charge is -2.11. The van der Waals surface area contributed by atoms with E-state index in [1.165, 1.54) is 12.1 Å². The zero-order chi connectivity index (χ0) is 16.3. The summed E-state index contributed by atoms with van der Waals surface area (Å²) in [6.45, 7) is 4.91. The van der Waals surface area contributed by atoms with Crippen molar-refractivity contribution in [3.05, 3.63) is 72.1 Å². The van der Waals surface area contributed by atoms with Gasteiger partial charge in [0.15, 0.2) is 0 Å². The Kier molecular flexibility index (Phi) is 4.76. The zero-order valence-electron chi connectivity index (χ0n) is 12.1. The monoisotopic (exact) mass is 322 g/mol. The summed E-state index contributed by atoms with van der Waals surface area (Å²) < 4.78 is 50.4. The van der Waals surface area contributed by atoms with Gasteiger partial charge in [-0.15, -0.1) is 0 Å². The van der Waals surface area contributed by atoms with Gasteiger partial charge in [0.1, 0.15) is 5.82 Å². The molecule has 0 saturated carbocycles. The Labute approximate surface area is 129 Å². The summed E-state index contributed by atoms with van der Waals surface area (Å²) in [6, 6.07) is 11.2. The lowest BCUT2D eigenvalue weighted by molar-refractivity contribution is 0.447. The first-order valence-corrected chi connectivity index (χ1v) is 8.20. The van der Waals surface area contributed by atoms with Gasteiger partial charge in [-0.2, -0.15) is 0 Å². The number of sulfone groups is 1. The van der Waals surface area contributed by atoms with Gasteiger partial charge in [0.05, 0.1) is 16.5 Å². The molecule has 2 aromatic rings. The maximum absolute atomic E-state index is 12.9. The fraction of sp³-hybridized carbons (Fsp3) is 0.176. The Bertz CT molecular complexity index is 763. The number of hydrogen-bond donors (Lipinski definition) is 0. The first-order chi connectivity index (χ1) is 10.4. The van der Waals surface area contributed by atoms with Crippen LogP contribution in [0.15, 0.2) is 60.0 Å². The Morgan fingerprint density at radius 3 is 2.14 bits per heavy atom. The molecule has 0 saturated heterocycles. The van der Waals surface area contributed by atoms with E-state index in [0.717, 1.165) is 17.7 Å². The van der Waals surface area contributed by atoms with Gasteiger partial charge in [0.2, 0.25) is 9.84 Å². The zero-order valence-corrected chi connectivity index (χ0v) is 12.9. The molecule has 0 spiro atoms. The Hall–Kier alpha value is -2.01. The van der Waals surface area contributed by atoms with Crippen LogP contribution in [0, 0.1) is 5.82 Å². The first kappa shape index (κ1) is 16.4. The van der Waals surface area contributed by atoms with E-state index in [0.29, 0.717) is 5.56 Å². The van der Waals surface area contributed by atoms with Crippen LogP contribution in [0.25, 0.3) is 4.91 Å². The summed E-state index contributed by atoms with van der Waals surface area (Å²) >= 11 is 0. The molecule has 0 heterocycles. The number of rotatable bonds is 5. The molecule has 1 unspecified atom stereocenters. The van der Waals surface area contributed by atoms with Crippen molar-refractivity contribution in [3.8, 4) is 0 Å². The average molecular weight is 322 g/mol. The van der Waals surface area contributed by atoms with Gasteiger partial charge in [-0.1, -0.05) is 37.8 Å². The fourth-order valence-electron chi connectivity index (χ4n) is 2.00. The van der Waals surface area contributed by atoms with Gasteiger partial charge in [0.25, 0.3) is 0 Å². The minimum absolute atomic E-state index is 0.0138. The maximum Gasteiger partial charge on any atom is 0.206 e. The minimum Gasteiger partial charge on any atom is -0.250 e. The van der Waals surface area contributed by atoms with Gasteiger partial charge in [0, 0.05) is 5.92 Å². The summed E-state index contributed by atoms with van der Waals surface area (Å²) in [7, 11) is -3.78. The molecule has 1 atom stereocenters. The third-order valence-corrected chi connectivity index (χ3v) is 5.26. The van der Waals surface area contributed by atoms with E-state index in [1.807, 2.05) is 0 Å². The second kappa shape index (κ2) is 6.40. The van der Waals surface area contributed by atoms with Crippen molar-refractivity contribution in [1.82, 2.24) is 0 Å².